The largest absolute Gasteiger partial charge is 0.384 e. The number of pyridine rings is 1. The van der Waals surface area contributed by atoms with Gasteiger partial charge in [-0.25, -0.2) is 4.98 Å². The molecule has 2 rings (SSSR count). The molecule has 0 fully saturated rings. The average Bonchev–Trinajstić information content (AvgIpc) is 2.97. The lowest BCUT2D eigenvalue weighted by molar-refractivity contribution is 0.334. The Hall–Kier alpha value is -3.60. The number of benzene rings is 1. The van der Waals surface area contributed by atoms with Crippen molar-refractivity contribution in [1.82, 2.24) is 10.3 Å². The van der Waals surface area contributed by atoms with Crippen molar-refractivity contribution in [2.24, 2.45) is 10.4 Å². The predicted molar refractivity (Wildman–Crippen MR) is 186 cm³/mol. The molecule has 3 N–H and O–H groups in total. The van der Waals surface area contributed by atoms with Gasteiger partial charge >= 0.3 is 0 Å². The first kappa shape index (κ1) is 34.6. The van der Waals surface area contributed by atoms with E-state index in [9.17, 15) is 0 Å². The van der Waals surface area contributed by atoms with E-state index >= 15 is 0 Å². The quantitative estimate of drug-likeness (QED) is 0.0844. The molecule has 0 saturated carbocycles. The molecule has 1 aromatic carbocycles. The lowest BCUT2D eigenvalue weighted by atomic mass is 9.85. The SMILES string of the molecule is C=C/C(=C\C=NCCCCCC)Nc1nc(NC(Cc2ccccc2)[C@H](C)NC(=C)CC(C)(C)CC)c(C)cc1C=C. The third-order valence-corrected chi connectivity index (χ3v) is 7.75. The third kappa shape index (κ3) is 12.1. The molecule has 0 aliphatic rings. The summed E-state index contributed by atoms with van der Waals surface area (Å²) in [5, 5.41) is 10.9. The maximum atomic E-state index is 5.05. The van der Waals surface area contributed by atoms with E-state index in [1.54, 1.807) is 6.08 Å². The highest BCUT2D eigenvalue weighted by Gasteiger charge is 2.23. The summed E-state index contributed by atoms with van der Waals surface area (Å²) in [6, 6.07) is 12.9. The van der Waals surface area contributed by atoms with Crippen molar-refractivity contribution in [3.63, 3.8) is 0 Å². The summed E-state index contributed by atoms with van der Waals surface area (Å²) in [5.41, 5.74) is 5.38. The Balaban J connectivity index is 2.29. The third-order valence-electron chi connectivity index (χ3n) is 7.75. The van der Waals surface area contributed by atoms with Gasteiger partial charge in [-0.15, -0.1) is 0 Å². The summed E-state index contributed by atoms with van der Waals surface area (Å²) < 4.78 is 0. The molecule has 1 heterocycles. The second-order valence-electron chi connectivity index (χ2n) is 12.0. The van der Waals surface area contributed by atoms with E-state index in [2.05, 4.69) is 119 Å². The minimum atomic E-state index is 0.0804. The van der Waals surface area contributed by atoms with E-state index in [4.69, 9.17) is 4.98 Å². The summed E-state index contributed by atoms with van der Waals surface area (Å²) >= 11 is 0. The number of rotatable bonds is 20. The molecule has 0 aliphatic carbocycles. The maximum Gasteiger partial charge on any atom is 0.140 e. The molecule has 0 saturated heterocycles. The van der Waals surface area contributed by atoms with Crippen LogP contribution in [0.15, 0.2) is 84.7 Å². The molecule has 0 radical (unpaired) electrons. The molecule has 42 heavy (non-hydrogen) atoms. The van der Waals surface area contributed by atoms with E-state index in [0.717, 1.165) is 66.4 Å². The van der Waals surface area contributed by atoms with E-state index in [1.807, 2.05) is 18.4 Å². The molecular formula is C37H55N5. The zero-order chi connectivity index (χ0) is 31.0. The maximum absolute atomic E-state index is 5.05. The molecule has 1 unspecified atom stereocenters. The molecule has 2 aromatic rings. The van der Waals surface area contributed by atoms with Crippen molar-refractivity contribution >= 4 is 23.9 Å². The van der Waals surface area contributed by atoms with Crippen molar-refractivity contribution in [2.75, 3.05) is 17.2 Å². The second kappa shape index (κ2) is 18.0. The highest BCUT2D eigenvalue weighted by molar-refractivity contribution is 5.76. The molecule has 1 aromatic heterocycles. The van der Waals surface area contributed by atoms with Crippen LogP contribution in [-0.2, 0) is 6.42 Å². The van der Waals surface area contributed by atoms with Gasteiger partial charge in [0.2, 0.25) is 0 Å². The smallest absolute Gasteiger partial charge is 0.140 e. The monoisotopic (exact) mass is 569 g/mol. The van der Waals surface area contributed by atoms with Gasteiger partial charge in [0.25, 0.3) is 0 Å². The molecule has 0 aliphatic heterocycles. The van der Waals surface area contributed by atoms with Gasteiger partial charge in [-0.2, -0.15) is 0 Å². The Morgan fingerprint density at radius 3 is 2.45 bits per heavy atom. The van der Waals surface area contributed by atoms with Crippen LogP contribution in [0.2, 0.25) is 0 Å². The van der Waals surface area contributed by atoms with Gasteiger partial charge in [-0.1, -0.05) is 110 Å². The van der Waals surface area contributed by atoms with Crippen molar-refractivity contribution < 1.29 is 0 Å². The van der Waals surface area contributed by atoms with E-state index in [-0.39, 0.29) is 17.5 Å². The number of hydrogen-bond donors (Lipinski definition) is 3. The van der Waals surface area contributed by atoms with E-state index in [0.29, 0.717) is 0 Å². The number of aliphatic imine (C=N–C) groups is 1. The van der Waals surface area contributed by atoms with Crippen LogP contribution in [0.4, 0.5) is 11.6 Å². The Morgan fingerprint density at radius 1 is 1.07 bits per heavy atom. The standard InChI is InChI=1S/C37H55N5/c1-10-14-15-19-23-38-24-22-33(12-3)40-36-32(11-2)25-28(5)35(42-36)41-34(26-31-20-17-16-18-21-31)30(7)39-29(6)27-37(8,9)13-4/h11-12,16-18,20-22,24-25,30,34,39H,2-3,6,10,13-15,19,23,26-27H2,1,4-5,7-9H3,(H2,40,41,42)/b33-22+,38-24?/t30-,34?/m0/s1. The van der Waals surface area contributed by atoms with Crippen LogP contribution in [-0.4, -0.2) is 29.8 Å². The lowest BCUT2D eigenvalue weighted by Gasteiger charge is -2.31. The Bertz CT molecular complexity index is 1190. The molecule has 228 valence electrons. The summed E-state index contributed by atoms with van der Waals surface area (Å²) in [4.78, 5) is 9.59. The van der Waals surface area contributed by atoms with Crippen LogP contribution < -0.4 is 16.0 Å². The molecule has 2 atom stereocenters. The minimum absolute atomic E-state index is 0.0804. The Labute approximate surface area is 256 Å². The predicted octanol–water partition coefficient (Wildman–Crippen LogP) is 9.51. The van der Waals surface area contributed by atoms with Gasteiger partial charge in [0, 0.05) is 35.8 Å². The Kier molecular flexibility index (Phi) is 14.9. The van der Waals surface area contributed by atoms with Gasteiger partial charge in [-0.3, -0.25) is 4.99 Å². The van der Waals surface area contributed by atoms with Gasteiger partial charge in [0.05, 0.1) is 6.04 Å². The zero-order valence-corrected chi connectivity index (χ0v) is 27.1. The second-order valence-corrected chi connectivity index (χ2v) is 12.0. The van der Waals surface area contributed by atoms with Crippen LogP contribution in [0.5, 0.6) is 0 Å². The van der Waals surface area contributed by atoms with Crippen LogP contribution in [0.25, 0.3) is 6.08 Å². The van der Waals surface area contributed by atoms with Crippen molar-refractivity contribution in [3.05, 3.63) is 96.4 Å². The fraction of sp³-hybridized carbons (Fsp3) is 0.459. The summed E-state index contributed by atoms with van der Waals surface area (Å²) in [5.74, 6) is 1.57. The van der Waals surface area contributed by atoms with Crippen molar-refractivity contribution in [1.29, 1.82) is 0 Å². The fourth-order valence-corrected chi connectivity index (χ4v) is 4.74. The van der Waals surface area contributed by atoms with Crippen LogP contribution in [0, 0.1) is 12.3 Å². The number of allylic oxidation sites excluding steroid dienone is 3. The van der Waals surface area contributed by atoms with Crippen molar-refractivity contribution in [3.8, 4) is 0 Å². The van der Waals surface area contributed by atoms with Gasteiger partial charge < -0.3 is 16.0 Å². The van der Waals surface area contributed by atoms with Crippen LogP contribution in [0.3, 0.4) is 0 Å². The first-order valence-electron chi connectivity index (χ1n) is 15.6. The number of aromatic nitrogens is 1. The average molecular weight is 570 g/mol. The highest BCUT2D eigenvalue weighted by Crippen LogP contribution is 2.28. The number of aryl methyl sites for hydroxylation is 1. The first-order valence-corrected chi connectivity index (χ1v) is 15.6. The minimum Gasteiger partial charge on any atom is -0.384 e. The molecule has 5 nitrogen and oxygen atoms in total. The molecule has 5 heteroatoms. The molecule has 0 amide bonds. The topological polar surface area (TPSA) is 61.3 Å². The molecule has 0 bridgehead atoms. The Morgan fingerprint density at radius 2 is 1.81 bits per heavy atom. The van der Waals surface area contributed by atoms with E-state index < -0.39 is 0 Å². The fourth-order valence-electron chi connectivity index (χ4n) is 4.74. The summed E-state index contributed by atoms with van der Waals surface area (Å²) in [6.45, 7) is 26.6. The summed E-state index contributed by atoms with van der Waals surface area (Å²) in [6.07, 6.45) is 15.1. The molecule has 0 spiro atoms. The van der Waals surface area contributed by atoms with Gasteiger partial charge in [0.1, 0.15) is 11.6 Å². The van der Waals surface area contributed by atoms with Crippen molar-refractivity contribution in [2.45, 2.75) is 98.6 Å². The number of hydrogen-bond acceptors (Lipinski definition) is 5. The van der Waals surface area contributed by atoms with Crippen LogP contribution >= 0.6 is 0 Å². The molecular weight excluding hydrogens is 514 g/mol. The summed E-state index contributed by atoms with van der Waals surface area (Å²) in [7, 11) is 0. The number of unbranched alkanes of at least 4 members (excludes halogenated alkanes) is 3. The number of nitrogens with one attached hydrogen (secondary N) is 3. The van der Waals surface area contributed by atoms with Gasteiger partial charge in [-0.05, 0) is 67.9 Å². The van der Waals surface area contributed by atoms with Gasteiger partial charge in [0.15, 0.2) is 0 Å². The number of anilines is 2. The van der Waals surface area contributed by atoms with E-state index in [1.165, 1.54) is 24.8 Å². The van der Waals surface area contributed by atoms with Crippen LogP contribution in [0.1, 0.15) is 89.8 Å². The lowest BCUT2D eigenvalue weighted by Crippen LogP contribution is -2.43. The number of nitrogens with zero attached hydrogens (tertiary/aromatic N) is 2. The highest BCUT2D eigenvalue weighted by atomic mass is 15.1. The first-order chi connectivity index (χ1) is 20.1. The zero-order valence-electron chi connectivity index (χ0n) is 27.1. The normalized spacial score (nSPS) is 13.4.